The predicted octanol–water partition coefficient (Wildman–Crippen LogP) is -0.710. The van der Waals surface area contributed by atoms with Crippen molar-refractivity contribution in [2.75, 3.05) is 13.7 Å². The lowest BCUT2D eigenvalue weighted by Crippen LogP contribution is -2.49. The van der Waals surface area contributed by atoms with Crippen molar-refractivity contribution in [3.05, 3.63) is 0 Å². The van der Waals surface area contributed by atoms with Gasteiger partial charge in [-0.25, -0.2) is 0 Å². The Morgan fingerprint density at radius 2 is 2.31 bits per heavy atom. The molecule has 0 aromatic carbocycles. The second kappa shape index (κ2) is 4.98. The third-order valence-corrected chi connectivity index (χ3v) is 2.05. The van der Waals surface area contributed by atoms with Gasteiger partial charge < -0.3 is 10.1 Å². The number of nitrogens with one attached hydrogen (secondary N) is 3. The van der Waals surface area contributed by atoms with Gasteiger partial charge in [0.2, 0.25) is 0 Å². The van der Waals surface area contributed by atoms with E-state index in [9.17, 15) is 4.79 Å². The van der Waals surface area contributed by atoms with Crippen molar-refractivity contribution in [1.82, 2.24) is 16.2 Å². The van der Waals surface area contributed by atoms with Gasteiger partial charge in [-0.05, 0) is 25.1 Å². The number of amides is 1. The van der Waals surface area contributed by atoms with E-state index in [4.69, 9.17) is 17.0 Å². The maximum absolute atomic E-state index is 11.3. The molecule has 1 aliphatic rings. The first-order valence-electron chi connectivity index (χ1n) is 4.13. The smallest absolute Gasteiger partial charge is 0.267 e. The van der Waals surface area contributed by atoms with E-state index in [1.165, 1.54) is 0 Å². The van der Waals surface area contributed by atoms with Gasteiger partial charge in [0.1, 0.15) is 6.10 Å². The number of hydrogen-bond acceptors (Lipinski definition) is 3. The van der Waals surface area contributed by atoms with Crippen LogP contribution in [0.25, 0.3) is 0 Å². The second-order valence-corrected chi connectivity index (χ2v) is 3.10. The molecule has 1 aliphatic heterocycles. The number of hydrogen-bond donors (Lipinski definition) is 3. The molecule has 0 aliphatic carbocycles. The van der Waals surface area contributed by atoms with E-state index < -0.39 is 0 Å². The van der Waals surface area contributed by atoms with Crippen LogP contribution in [0.2, 0.25) is 0 Å². The normalized spacial score (nSPS) is 20.8. The minimum absolute atomic E-state index is 0.171. The molecule has 5 nitrogen and oxygen atoms in total. The highest BCUT2D eigenvalue weighted by atomic mass is 32.1. The molecule has 1 fully saturated rings. The molecule has 0 aromatic rings. The van der Waals surface area contributed by atoms with Crippen molar-refractivity contribution >= 4 is 23.2 Å². The number of rotatable bonds is 1. The molecule has 0 bridgehead atoms. The number of hydrazine groups is 1. The van der Waals surface area contributed by atoms with Gasteiger partial charge >= 0.3 is 0 Å². The molecule has 6 heteroatoms. The lowest BCUT2D eigenvalue weighted by atomic mass is 10.2. The van der Waals surface area contributed by atoms with Crippen molar-refractivity contribution in [3.8, 4) is 0 Å². The molecule has 0 aromatic heterocycles. The molecule has 1 atom stereocenters. The Kier molecular flexibility index (Phi) is 3.91. The molecule has 0 radical (unpaired) electrons. The first-order chi connectivity index (χ1) is 6.24. The molecule has 1 saturated heterocycles. The maximum atomic E-state index is 11.3. The Balaban J connectivity index is 2.20. The molecule has 1 amide bonds. The van der Waals surface area contributed by atoms with E-state index in [1.54, 1.807) is 7.05 Å². The quantitative estimate of drug-likeness (QED) is 0.388. The van der Waals surface area contributed by atoms with E-state index in [-0.39, 0.29) is 12.0 Å². The van der Waals surface area contributed by atoms with Crippen LogP contribution in [0.5, 0.6) is 0 Å². The highest BCUT2D eigenvalue weighted by molar-refractivity contribution is 7.80. The minimum atomic E-state index is -0.327. The topological polar surface area (TPSA) is 62.4 Å². The Morgan fingerprint density at radius 1 is 1.54 bits per heavy atom. The molecule has 1 heterocycles. The summed E-state index contributed by atoms with van der Waals surface area (Å²) in [6.45, 7) is 0.661. The number of thiocarbonyl (C=S) groups is 1. The van der Waals surface area contributed by atoms with Crippen LogP contribution in [0.1, 0.15) is 12.8 Å². The van der Waals surface area contributed by atoms with Crippen molar-refractivity contribution in [2.45, 2.75) is 18.9 Å². The fourth-order valence-electron chi connectivity index (χ4n) is 1.05. The molecule has 13 heavy (non-hydrogen) atoms. The second-order valence-electron chi connectivity index (χ2n) is 2.70. The van der Waals surface area contributed by atoms with Gasteiger partial charge in [0, 0.05) is 13.7 Å². The van der Waals surface area contributed by atoms with E-state index in [0.29, 0.717) is 11.7 Å². The van der Waals surface area contributed by atoms with Crippen LogP contribution in [0, 0.1) is 0 Å². The zero-order valence-corrected chi connectivity index (χ0v) is 8.24. The average molecular weight is 203 g/mol. The summed E-state index contributed by atoms with van der Waals surface area (Å²) in [5.41, 5.74) is 5.01. The number of carbonyl (C=O) groups excluding carboxylic acids is 1. The fourth-order valence-corrected chi connectivity index (χ4v) is 1.10. The summed E-state index contributed by atoms with van der Waals surface area (Å²) in [6.07, 6.45) is 1.39. The summed E-state index contributed by atoms with van der Waals surface area (Å²) in [5, 5.41) is 3.06. The average Bonchev–Trinajstić information content (AvgIpc) is 2.66. The summed E-state index contributed by atoms with van der Waals surface area (Å²) in [6, 6.07) is 0. The summed E-state index contributed by atoms with van der Waals surface area (Å²) >= 11 is 4.77. The van der Waals surface area contributed by atoms with E-state index in [0.717, 1.165) is 12.8 Å². The number of carbonyl (C=O) groups is 1. The van der Waals surface area contributed by atoms with Crippen molar-refractivity contribution < 1.29 is 9.53 Å². The molecular formula is C7H13N3O2S. The lowest BCUT2D eigenvalue weighted by Gasteiger charge is -2.12. The Hall–Kier alpha value is -0.880. The number of ether oxygens (including phenoxy) is 1. The highest BCUT2D eigenvalue weighted by Crippen LogP contribution is 2.11. The third kappa shape index (κ3) is 3.16. The minimum Gasteiger partial charge on any atom is -0.368 e. The van der Waals surface area contributed by atoms with Crippen LogP contribution in [-0.2, 0) is 9.53 Å². The van der Waals surface area contributed by atoms with Crippen LogP contribution >= 0.6 is 12.2 Å². The van der Waals surface area contributed by atoms with Crippen LogP contribution < -0.4 is 16.2 Å². The standard InChI is InChI=1S/C7H13N3O2S/c1-8-7(13)10-9-6(11)5-3-2-4-12-5/h5H,2-4H2,1H3,(H,9,11)(H2,8,10,13). The fraction of sp³-hybridized carbons (Fsp3) is 0.714. The van der Waals surface area contributed by atoms with E-state index in [1.807, 2.05) is 0 Å². The Bertz CT molecular complexity index is 204. The van der Waals surface area contributed by atoms with Crippen LogP contribution in [0.4, 0.5) is 0 Å². The SMILES string of the molecule is CNC(=S)NNC(=O)C1CCCO1. The molecule has 0 saturated carbocycles. The van der Waals surface area contributed by atoms with Gasteiger partial charge in [0.05, 0.1) is 0 Å². The van der Waals surface area contributed by atoms with Gasteiger partial charge in [0.15, 0.2) is 5.11 Å². The van der Waals surface area contributed by atoms with Gasteiger partial charge in [-0.1, -0.05) is 0 Å². The van der Waals surface area contributed by atoms with Crippen molar-refractivity contribution in [3.63, 3.8) is 0 Å². The van der Waals surface area contributed by atoms with Gasteiger partial charge in [-0.3, -0.25) is 15.6 Å². The monoisotopic (exact) mass is 203 g/mol. The third-order valence-electron chi connectivity index (χ3n) is 1.75. The molecule has 1 unspecified atom stereocenters. The van der Waals surface area contributed by atoms with Crippen molar-refractivity contribution in [2.24, 2.45) is 0 Å². The summed E-state index contributed by atoms with van der Waals surface area (Å²) in [5.74, 6) is -0.171. The van der Waals surface area contributed by atoms with Gasteiger partial charge in [0.25, 0.3) is 5.91 Å². The molecular weight excluding hydrogens is 190 g/mol. The Morgan fingerprint density at radius 3 is 2.85 bits per heavy atom. The van der Waals surface area contributed by atoms with Crippen molar-refractivity contribution in [1.29, 1.82) is 0 Å². The van der Waals surface area contributed by atoms with E-state index >= 15 is 0 Å². The largest absolute Gasteiger partial charge is 0.368 e. The predicted molar refractivity (Wildman–Crippen MR) is 51.9 cm³/mol. The lowest BCUT2D eigenvalue weighted by molar-refractivity contribution is -0.130. The van der Waals surface area contributed by atoms with Crippen LogP contribution in [0.3, 0.4) is 0 Å². The molecule has 0 spiro atoms. The van der Waals surface area contributed by atoms with Crippen LogP contribution in [0.15, 0.2) is 0 Å². The summed E-state index contributed by atoms with van der Waals surface area (Å²) < 4.78 is 5.16. The van der Waals surface area contributed by atoms with Crippen LogP contribution in [-0.4, -0.2) is 30.8 Å². The first kappa shape index (κ1) is 10.2. The summed E-state index contributed by atoms with van der Waals surface area (Å²) in [4.78, 5) is 11.3. The maximum Gasteiger partial charge on any atom is 0.267 e. The highest BCUT2D eigenvalue weighted by Gasteiger charge is 2.23. The Labute approximate surface area is 82.2 Å². The van der Waals surface area contributed by atoms with Gasteiger partial charge in [-0.2, -0.15) is 0 Å². The van der Waals surface area contributed by atoms with Gasteiger partial charge in [-0.15, -0.1) is 0 Å². The zero-order valence-electron chi connectivity index (χ0n) is 7.42. The van der Waals surface area contributed by atoms with E-state index in [2.05, 4.69) is 16.2 Å². The zero-order chi connectivity index (χ0) is 9.68. The molecule has 1 rings (SSSR count). The molecule has 74 valence electrons. The molecule has 3 N–H and O–H groups in total. The first-order valence-corrected chi connectivity index (χ1v) is 4.54. The summed E-state index contributed by atoms with van der Waals surface area (Å²) in [7, 11) is 1.67.